The lowest BCUT2D eigenvalue weighted by Gasteiger charge is -2.31. The van der Waals surface area contributed by atoms with Crippen molar-refractivity contribution >= 4 is 5.69 Å². The maximum absolute atomic E-state index is 12.9. The van der Waals surface area contributed by atoms with E-state index in [1.54, 1.807) is 6.92 Å². The molecule has 1 fully saturated rings. The van der Waals surface area contributed by atoms with E-state index >= 15 is 0 Å². The maximum atomic E-state index is 12.9. The van der Waals surface area contributed by atoms with Crippen molar-refractivity contribution in [2.75, 3.05) is 5.32 Å². The van der Waals surface area contributed by atoms with Crippen LogP contribution in [0.15, 0.2) is 28.7 Å². The molecule has 1 saturated carbocycles. The molecule has 0 unspecified atom stereocenters. The molecule has 124 valence electrons. The van der Waals surface area contributed by atoms with E-state index in [1.807, 2.05) is 24.3 Å². The second-order valence-corrected chi connectivity index (χ2v) is 5.95. The van der Waals surface area contributed by atoms with E-state index in [-0.39, 0.29) is 18.9 Å². The lowest BCUT2D eigenvalue weighted by Crippen LogP contribution is -2.34. The van der Waals surface area contributed by atoms with Crippen molar-refractivity contribution in [2.24, 2.45) is 5.92 Å². The Balaban J connectivity index is 1.71. The van der Waals surface area contributed by atoms with Gasteiger partial charge in [0.1, 0.15) is 0 Å². The second kappa shape index (κ2) is 6.22. The number of nitrogens with one attached hydrogen (secondary N) is 1. The molecule has 1 aliphatic carbocycles. The average molecular weight is 325 g/mol. The van der Waals surface area contributed by atoms with Crippen LogP contribution in [-0.2, 0) is 0 Å². The van der Waals surface area contributed by atoms with Gasteiger partial charge in [-0.25, -0.2) is 0 Å². The first-order valence-electron chi connectivity index (χ1n) is 7.65. The van der Waals surface area contributed by atoms with Crippen LogP contribution in [0.5, 0.6) is 0 Å². The van der Waals surface area contributed by atoms with Gasteiger partial charge in [-0.2, -0.15) is 13.2 Å². The highest BCUT2D eigenvalue weighted by molar-refractivity contribution is 5.61. The quantitative estimate of drug-likeness (QED) is 0.897. The first-order valence-corrected chi connectivity index (χ1v) is 7.65. The van der Waals surface area contributed by atoms with Crippen LogP contribution >= 0.6 is 0 Å². The Kier molecular flexibility index (Phi) is 4.28. The monoisotopic (exact) mass is 325 g/mol. The molecule has 0 bridgehead atoms. The molecule has 0 saturated heterocycles. The van der Waals surface area contributed by atoms with Gasteiger partial charge < -0.3 is 9.73 Å². The molecule has 1 N–H and O–H groups in total. The number of anilines is 1. The smallest absolute Gasteiger partial charge is 0.391 e. The molecule has 0 spiro atoms. The number of nitrogens with zero attached hydrogens (tertiary/aromatic N) is 2. The molecule has 7 heteroatoms. The summed E-state index contributed by atoms with van der Waals surface area (Å²) >= 11 is 0. The zero-order chi connectivity index (χ0) is 16.4. The third kappa shape index (κ3) is 3.83. The Morgan fingerprint density at radius 3 is 2.74 bits per heavy atom. The van der Waals surface area contributed by atoms with Crippen molar-refractivity contribution in [2.45, 2.75) is 44.8 Å². The third-order valence-electron chi connectivity index (χ3n) is 4.14. The topological polar surface area (TPSA) is 51.0 Å². The second-order valence-electron chi connectivity index (χ2n) is 5.95. The highest BCUT2D eigenvalue weighted by Gasteiger charge is 2.42. The van der Waals surface area contributed by atoms with Crippen molar-refractivity contribution < 1.29 is 17.6 Å². The van der Waals surface area contributed by atoms with Gasteiger partial charge in [0.25, 0.3) is 0 Å². The van der Waals surface area contributed by atoms with E-state index in [4.69, 9.17) is 4.42 Å². The molecule has 1 aromatic heterocycles. The van der Waals surface area contributed by atoms with Gasteiger partial charge in [-0.05, 0) is 37.5 Å². The van der Waals surface area contributed by atoms with Crippen molar-refractivity contribution in [3.8, 4) is 11.5 Å². The molecular formula is C16H18F3N3O. The lowest BCUT2D eigenvalue weighted by atomic mass is 9.85. The average Bonchev–Trinajstić information content (AvgIpc) is 2.94. The van der Waals surface area contributed by atoms with E-state index in [0.717, 1.165) is 17.7 Å². The number of aromatic nitrogens is 2. The summed E-state index contributed by atoms with van der Waals surface area (Å²) < 4.78 is 44.0. The molecule has 23 heavy (non-hydrogen) atoms. The fourth-order valence-electron chi connectivity index (χ4n) is 3.01. The summed E-state index contributed by atoms with van der Waals surface area (Å²) in [5, 5.41) is 10.9. The van der Waals surface area contributed by atoms with Crippen LogP contribution in [0.25, 0.3) is 11.5 Å². The number of halogens is 3. The Labute approximate surface area is 132 Å². The van der Waals surface area contributed by atoms with Crippen LogP contribution in [-0.4, -0.2) is 22.4 Å². The molecule has 2 aromatic rings. The van der Waals surface area contributed by atoms with Gasteiger partial charge in [-0.1, -0.05) is 12.5 Å². The van der Waals surface area contributed by atoms with E-state index in [9.17, 15) is 13.2 Å². The Bertz CT molecular complexity index is 669. The van der Waals surface area contributed by atoms with Gasteiger partial charge in [0.05, 0.1) is 5.92 Å². The first-order chi connectivity index (χ1) is 10.9. The summed E-state index contributed by atoms with van der Waals surface area (Å²) in [4.78, 5) is 0. The molecule has 0 aliphatic heterocycles. The zero-order valence-electron chi connectivity index (χ0n) is 12.7. The molecule has 1 aliphatic rings. The predicted octanol–water partition coefficient (Wildman–Crippen LogP) is 4.58. The van der Waals surface area contributed by atoms with Crippen LogP contribution < -0.4 is 5.32 Å². The number of alkyl halides is 3. The van der Waals surface area contributed by atoms with Crippen LogP contribution in [0.2, 0.25) is 0 Å². The van der Waals surface area contributed by atoms with Crippen LogP contribution in [0.3, 0.4) is 0 Å². The molecule has 4 nitrogen and oxygen atoms in total. The summed E-state index contributed by atoms with van der Waals surface area (Å²) in [6.45, 7) is 1.71. The minimum absolute atomic E-state index is 0.118. The van der Waals surface area contributed by atoms with Crippen molar-refractivity contribution in [3.05, 3.63) is 30.2 Å². The van der Waals surface area contributed by atoms with Crippen molar-refractivity contribution in [3.63, 3.8) is 0 Å². The Morgan fingerprint density at radius 1 is 1.22 bits per heavy atom. The van der Waals surface area contributed by atoms with E-state index in [2.05, 4.69) is 15.5 Å². The third-order valence-corrected chi connectivity index (χ3v) is 4.14. The van der Waals surface area contributed by atoms with E-state index in [1.165, 1.54) is 0 Å². The van der Waals surface area contributed by atoms with E-state index in [0.29, 0.717) is 18.2 Å². The molecule has 0 amide bonds. The van der Waals surface area contributed by atoms with Gasteiger partial charge in [0.15, 0.2) is 0 Å². The highest BCUT2D eigenvalue weighted by atomic mass is 19.4. The first kappa shape index (κ1) is 15.8. The predicted molar refractivity (Wildman–Crippen MR) is 79.9 cm³/mol. The summed E-state index contributed by atoms with van der Waals surface area (Å²) in [5.41, 5.74) is 1.52. The largest absolute Gasteiger partial charge is 0.421 e. The number of benzene rings is 1. The highest BCUT2D eigenvalue weighted by Crippen LogP contribution is 2.38. The van der Waals surface area contributed by atoms with Gasteiger partial charge in [-0.15, -0.1) is 10.2 Å². The van der Waals surface area contributed by atoms with E-state index < -0.39 is 12.1 Å². The van der Waals surface area contributed by atoms with Crippen LogP contribution in [0.1, 0.15) is 31.6 Å². The van der Waals surface area contributed by atoms with Gasteiger partial charge >= 0.3 is 6.18 Å². The number of rotatable bonds is 3. The SMILES string of the molecule is Cc1nnc(-c2cccc(N[C@@H]3CCC[C@@H](C(F)(F)F)C3)c2)o1. The fraction of sp³-hybridized carbons (Fsp3) is 0.500. The van der Waals surface area contributed by atoms with Crippen LogP contribution in [0, 0.1) is 12.8 Å². The minimum atomic E-state index is -4.11. The number of hydrogen-bond acceptors (Lipinski definition) is 4. The fourth-order valence-corrected chi connectivity index (χ4v) is 3.01. The van der Waals surface area contributed by atoms with Crippen molar-refractivity contribution in [1.29, 1.82) is 0 Å². The van der Waals surface area contributed by atoms with Gasteiger partial charge in [-0.3, -0.25) is 0 Å². The normalized spacial score (nSPS) is 22.1. The Hall–Kier alpha value is -2.05. The van der Waals surface area contributed by atoms with Gasteiger partial charge in [0, 0.05) is 24.2 Å². The van der Waals surface area contributed by atoms with Gasteiger partial charge in [0.2, 0.25) is 11.8 Å². The molecule has 2 atom stereocenters. The number of aryl methyl sites for hydroxylation is 1. The lowest BCUT2D eigenvalue weighted by molar-refractivity contribution is -0.182. The summed E-state index contributed by atoms with van der Waals surface area (Å²) in [7, 11) is 0. The standard InChI is InChI=1S/C16H18F3N3O/c1-10-21-22-15(23-10)11-4-2-6-13(8-11)20-14-7-3-5-12(9-14)16(17,18)19/h2,4,6,8,12,14,20H,3,5,7,9H2,1H3/t12-,14-/m1/s1. The van der Waals surface area contributed by atoms with Crippen LogP contribution in [0.4, 0.5) is 18.9 Å². The van der Waals surface area contributed by atoms with Crippen molar-refractivity contribution in [1.82, 2.24) is 10.2 Å². The summed E-state index contributed by atoms with van der Waals surface area (Å²) in [6.07, 6.45) is -2.43. The minimum Gasteiger partial charge on any atom is -0.421 e. The zero-order valence-corrected chi connectivity index (χ0v) is 12.7. The summed E-state index contributed by atoms with van der Waals surface area (Å²) in [6, 6.07) is 7.14. The maximum Gasteiger partial charge on any atom is 0.391 e. The number of hydrogen-bond donors (Lipinski definition) is 1. The molecule has 3 rings (SSSR count). The molecule has 1 aromatic carbocycles. The molecule has 0 radical (unpaired) electrons. The molecular weight excluding hydrogens is 307 g/mol. The Morgan fingerprint density at radius 2 is 2.04 bits per heavy atom. The summed E-state index contributed by atoms with van der Waals surface area (Å²) in [5.74, 6) is -0.336. The molecule has 1 heterocycles.